The zero-order valence-electron chi connectivity index (χ0n) is 9.82. The van der Waals surface area contributed by atoms with E-state index < -0.39 is 10.8 Å². The number of nitriles is 1. The van der Waals surface area contributed by atoms with Crippen LogP contribution in [0.3, 0.4) is 0 Å². The molecule has 1 rings (SSSR count). The van der Waals surface area contributed by atoms with Gasteiger partial charge in [0, 0.05) is 23.2 Å². The molecule has 5 heteroatoms. The Morgan fingerprint density at radius 1 is 1.56 bits per heavy atom. The number of thiazole rings is 1. The SMILES string of the molecule is CC(C)(C)c1cnc(S(=O)CCCC#N)s1. The molecule has 0 aliphatic heterocycles. The summed E-state index contributed by atoms with van der Waals surface area (Å²) < 4.78 is 12.5. The number of rotatable bonds is 4. The molecule has 0 N–H and O–H groups in total. The molecule has 16 heavy (non-hydrogen) atoms. The van der Waals surface area contributed by atoms with E-state index in [1.165, 1.54) is 11.3 Å². The van der Waals surface area contributed by atoms with Crippen molar-refractivity contribution in [1.29, 1.82) is 5.26 Å². The van der Waals surface area contributed by atoms with Crippen LogP contribution in [0.25, 0.3) is 0 Å². The molecule has 1 unspecified atom stereocenters. The highest BCUT2D eigenvalue weighted by Crippen LogP contribution is 2.29. The van der Waals surface area contributed by atoms with E-state index in [0.717, 1.165) is 4.88 Å². The zero-order valence-corrected chi connectivity index (χ0v) is 11.5. The van der Waals surface area contributed by atoms with Crippen molar-refractivity contribution in [3.05, 3.63) is 11.1 Å². The first-order valence-corrected chi connectivity index (χ1v) is 7.30. The molecule has 0 fully saturated rings. The number of unbranched alkanes of at least 4 members (excludes halogenated alkanes) is 1. The summed E-state index contributed by atoms with van der Waals surface area (Å²) in [5.41, 5.74) is 0.0623. The van der Waals surface area contributed by atoms with Crippen LogP contribution in [0.4, 0.5) is 0 Å². The van der Waals surface area contributed by atoms with Crippen LogP contribution in [0.5, 0.6) is 0 Å². The molecule has 0 spiro atoms. The maximum Gasteiger partial charge on any atom is 0.180 e. The summed E-state index contributed by atoms with van der Waals surface area (Å²) in [6, 6.07) is 2.05. The van der Waals surface area contributed by atoms with Gasteiger partial charge in [0.2, 0.25) is 0 Å². The van der Waals surface area contributed by atoms with E-state index >= 15 is 0 Å². The fraction of sp³-hybridized carbons (Fsp3) is 0.636. The van der Waals surface area contributed by atoms with Crippen LogP contribution < -0.4 is 0 Å². The second-order valence-corrected chi connectivity index (χ2v) is 7.33. The molecule has 88 valence electrons. The second-order valence-electron chi connectivity index (χ2n) is 4.55. The summed E-state index contributed by atoms with van der Waals surface area (Å²) in [5.74, 6) is 0.532. The predicted molar refractivity (Wildman–Crippen MR) is 66.9 cm³/mol. The smallest absolute Gasteiger partial charge is 0.180 e. The van der Waals surface area contributed by atoms with Crippen LogP contribution in [-0.4, -0.2) is 14.9 Å². The Morgan fingerprint density at radius 3 is 2.75 bits per heavy atom. The fourth-order valence-corrected chi connectivity index (χ4v) is 3.43. The van der Waals surface area contributed by atoms with Crippen LogP contribution in [0.15, 0.2) is 10.5 Å². The van der Waals surface area contributed by atoms with Gasteiger partial charge in [-0.05, 0) is 11.8 Å². The van der Waals surface area contributed by atoms with Gasteiger partial charge in [-0.15, -0.1) is 11.3 Å². The standard InChI is InChI=1S/C11H16N2OS2/c1-11(2,3)9-8-13-10(15-9)16(14)7-5-4-6-12/h8H,4-5,7H2,1-3H3. The lowest BCUT2D eigenvalue weighted by molar-refractivity contribution is 0.602. The molecule has 1 heterocycles. The molecule has 0 saturated carbocycles. The van der Waals surface area contributed by atoms with Gasteiger partial charge < -0.3 is 0 Å². The van der Waals surface area contributed by atoms with E-state index in [-0.39, 0.29) is 5.41 Å². The Bertz CT molecular complexity index is 412. The van der Waals surface area contributed by atoms with E-state index in [0.29, 0.717) is 22.9 Å². The largest absolute Gasteiger partial charge is 0.252 e. The Morgan fingerprint density at radius 2 is 2.25 bits per heavy atom. The first-order valence-electron chi connectivity index (χ1n) is 5.17. The first-order chi connectivity index (χ1) is 7.45. The molecule has 3 nitrogen and oxygen atoms in total. The molecular formula is C11H16N2OS2. The summed E-state index contributed by atoms with van der Waals surface area (Å²) in [6.07, 6.45) is 2.94. The summed E-state index contributed by atoms with van der Waals surface area (Å²) in [7, 11) is -1.04. The van der Waals surface area contributed by atoms with Crippen molar-refractivity contribution in [2.45, 2.75) is 43.4 Å². The van der Waals surface area contributed by atoms with Gasteiger partial charge in [0.15, 0.2) is 4.34 Å². The number of hydrogen-bond donors (Lipinski definition) is 0. The molecule has 0 bridgehead atoms. The summed E-state index contributed by atoms with van der Waals surface area (Å²) >= 11 is 1.51. The van der Waals surface area contributed by atoms with Gasteiger partial charge in [-0.25, -0.2) is 4.98 Å². The molecule has 1 aromatic rings. The van der Waals surface area contributed by atoms with E-state index in [4.69, 9.17) is 5.26 Å². The Kier molecular flexibility index (Phi) is 4.63. The van der Waals surface area contributed by atoms with Crippen LogP contribution >= 0.6 is 11.3 Å². The monoisotopic (exact) mass is 256 g/mol. The van der Waals surface area contributed by atoms with Crippen LogP contribution in [-0.2, 0) is 16.2 Å². The summed E-state index contributed by atoms with van der Waals surface area (Å²) in [4.78, 5) is 5.35. The first kappa shape index (κ1) is 13.3. The Balaban J connectivity index is 2.65. The third-order valence-corrected chi connectivity index (χ3v) is 5.22. The lowest BCUT2D eigenvalue weighted by atomic mass is 9.96. The van der Waals surface area contributed by atoms with Crippen molar-refractivity contribution in [1.82, 2.24) is 4.98 Å². The fourth-order valence-electron chi connectivity index (χ4n) is 1.08. The van der Waals surface area contributed by atoms with Crippen molar-refractivity contribution in [3.63, 3.8) is 0 Å². The van der Waals surface area contributed by atoms with Crippen molar-refractivity contribution >= 4 is 22.1 Å². The molecule has 0 amide bonds. The van der Waals surface area contributed by atoms with Crippen molar-refractivity contribution in [3.8, 4) is 6.07 Å². The molecular weight excluding hydrogens is 240 g/mol. The average Bonchev–Trinajstić information content (AvgIpc) is 2.66. The van der Waals surface area contributed by atoms with Gasteiger partial charge in [-0.1, -0.05) is 20.8 Å². The Labute approximate surface area is 103 Å². The molecule has 0 saturated heterocycles. The van der Waals surface area contributed by atoms with E-state index in [9.17, 15) is 4.21 Å². The van der Waals surface area contributed by atoms with Gasteiger partial charge in [0.05, 0.1) is 16.9 Å². The minimum absolute atomic E-state index is 0.0623. The second kappa shape index (κ2) is 5.55. The average molecular weight is 256 g/mol. The highest BCUT2D eigenvalue weighted by Gasteiger charge is 2.18. The lowest BCUT2D eigenvalue weighted by Crippen LogP contribution is -2.07. The number of hydrogen-bond acceptors (Lipinski definition) is 4. The third-order valence-electron chi connectivity index (χ3n) is 2.04. The molecule has 1 atom stereocenters. The maximum absolute atomic E-state index is 11.8. The molecule has 0 aliphatic carbocycles. The van der Waals surface area contributed by atoms with Gasteiger partial charge in [-0.2, -0.15) is 5.26 Å². The Hall–Kier alpha value is -0.730. The molecule has 1 aromatic heterocycles. The van der Waals surface area contributed by atoms with Crippen molar-refractivity contribution in [2.24, 2.45) is 0 Å². The third kappa shape index (κ3) is 3.69. The zero-order chi connectivity index (χ0) is 12.2. The molecule has 0 aliphatic rings. The number of nitrogens with zero attached hydrogens (tertiary/aromatic N) is 2. The predicted octanol–water partition coefficient (Wildman–Crippen LogP) is 2.85. The van der Waals surface area contributed by atoms with Crippen LogP contribution in [0.2, 0.25) is 0 Å². The van der Waals surface area contributed by atoms with Crippen LogP contribution in [0.1, 0.15) is 38.5 Å². The normalized spacial score (nSPS) is 13.4. The van der Waals surface area contributed by atoms with Gasteiger partial charge >= 0.3 is 0 Å². The topological polar surface area (TPSA) is 53.8 Å². The minimum Gasteiger partial charge on any atom is -0.252 e. The minimum atomic E-state index is -1.04. The van der Waals surface area contributed by atoms with E-state index in [1.807, 2.05) is 6.20 Å². The lowest BCUT2D eigenvalue weighted by Gasteiger charge is -2.14. The highest BCUT2D eigenvalue weighted by molar-refractivity contribution is 7.87. The molecule has 0 aromatic carbocycles. The van der Waals surface area contributed by atoms with E-state index in [1.54, 1.807) is 0 Å². The van der Waals surface area contributed by atoms with Crippen LogP contribution in [0, 0.1) is 11.3 Å². The maximum atomic E-state index is 11.8. The molecule has 0 radical (unpaired) electrons. The highest BCUT2D eigenvalue weighted by atomic mass is 32.2. The van der Waals surface area contributed by atoms with Crippen molar-refractivity contribution < 1.29 is 4.21 Å². The van der Waals surface area contributed by atoms with Crippen molar-refractivity contribution in [2.75, 3.05) is 5.75 Å². The summed E-state index contributed by atoms with van der Waals surface area (Å²) in [5, 5.41) is 8.40. The summed E-state index contributed by atoms with van der Waals surface area (Å²) in [6.45, 7) is 6.34. The van der Waals surface area contributed by atoms with E-state index in [2.05, 4.69) is 31.8 Å². The van der Waals surface area contributed by atoms with Gasteiger partial charge in [0.25, 0.3) is 0 Å². The number of aromatic nitrogens is 1. The quantitative estimate of drug-likeness (QED) is 0.778. The van der Waals surface area contributed by atoms with Gasteiger partial charge in [-0.3, -0.25) is 4.21 Å². The van der Waals surface area contributed by atoms with Gasteiger partial charge in [0.1, 0.15) is 0 Å².